The molecule has 82 valence electrons. The number of likely N-dealkylation sites (tertiary alicyclic amines) is 1. The Hall–Kier alpha value is -0.570. The van der Waals surface area contributed by atoms with E-state index in [1.807, 2.05) is 32.7 Å². The van der Waals surface area contributed by atoms with E-state index in [0.29, 0.717) is 5.92 Å². The van der Waals surface area contributed by atoms with E-state index in [9.17, 15) is 4.79 Å². The van der Waals surface area contributed by atoms with Crippen molar-refractivity contribution in [3.8, 4) is 0 Å². The maximum Gasteiger partial charge on any atom is 0.227 e. The Kier molecular flexibility index (Phi) is 3.53. The maximum absolute atomic E-state index is 11.9. The smallest absolute Gasteiger partial charge is 0.227 e. The van der Waals surface area contributed by atoms with Crippen LogP contribution in [0.25, 0.3) is 0 Å². The molecule has 1 heterocycles. The van der Waals surface area contributed by atoms with Crippen LogP contribution in [0.3, 0.4) is 0 Å². The second kappa shape index (κ2) is 4.30. The number of hydrogen-bond acceptors (Lipinski definition) is 2. The lowest BCUT2D eigenvalue weighted by Crippen LogP contribution is -2.38. The fourth-order valence-electron chi connectivity index (χ4n) is 1.95. The molecule has 1 unspecified atom stereocenters. The molecule has 0 saturated carbocycles. The molecule has 0 aromatic carbocycles. The van der Waals surface area contributed by atoms with Crippen LogP contribution < -0.4 is 5.32 Å². The predicted octanol–water partition coefficient (Wildman–Crippen LogP) is 1.10. The van der Waals surface area contributed by atoms with E-state index in [1.54, 1.807) is 0 Å². The molecular weight excluding hydrogens is 176 g/mol. The van der Waals surface area contributed by atoms with Crippen LogP contribution >= 0.6 is 0 Å². The summed E-state index contributed by atoms with van der Waals surface area (Å²) in [6.45, 7) is 8.84. The molecule has 0 spiro atoms. The van der Waals surface area contributed by atoms with Crippen LogP contribution in [0.2, 0.25) is 0 Å². The average molecular weight is 198 g/mol. The summed E-state index contributed by atoms with van der Waals surface area (Å²) in [5.74, 6) is 0.933. The number of carbonyl (C=O) groups excluding carboxylic acids is 1. The van der Waals surface area contributed by atoms with Crippen molar-refractivity contribution < 1.29 is 4.79 Å². The van der Waals surface area contributed by atoms with Crippen molar-refractivity contribution in [2.24, 2.45) is 11.3 Å². The quantitative estimate of drug-likeness (QED) is 0.720. The van der Waals surface area contributed by atoms with Gasteiger partial charge in [-0.3, -0.25) is 4.79 Å². The highest BCUT2D eigenvalue weighted by atomic mass is 16.2. The van der Waals surface area contributed by atoms with Gasteiger partial charge in [-0.15, -0.1) is 0 Å². The molecule has 3 nitrogen and oxygen atoms in total. The molecule has 0 radical (unpaired) electrons. The van der Waals surface area contributed by atoms with Crippen molar-refractivity contribution in [3.63, 3.8) is 0 Å². The highest BCUT2D eigenvalue weighted by molar-refractivity contribution is 5.81. The maximum atomic E-state index is 11.9. The van der Waals surface area contributed by atoms with Crippen LogP contribution in [-0.4, -0.2) is 37.5 Å². The summed E-state index contributed by atoms with van der Waals surface area (Å²) in [5, 5.41) is 3.17. The second-order valence-electron chi connectivity index (χ2n) is 5.21. The van der Waals surface area contributed by atoms with Crippen LogP contribution in [-0.2, 0) is 4.79 Å². The molecule has 0 bridgehead atoms. The third-order valence-corrected chi connectivity index (χ3v) is 2.71. The van der Waals surface area contributed by atoms with E-state index in [2.05, 4.69) is 5.32 Å². The number of amides is 1. The second-order valence-corrected chi connectivity index (χ2v) is 5.21. The number of nitrogens with zero attached hydrogens (tertiary/aromatic N) is 1. The van der Waals surface area contributed by atoms with Crippen molar-refractivity contribution in [2.45, 2.75) is 27.2 Å². The molecule has 1 rings (SSSR count). The van der Waals surface area contributed by atoms with Gasteiger partial charge in [0.1, 0.15) is 0 Å². The van der Waals surface area contributed by atoms with Gasteiger partial charge in [-0.05, 0) is 25.9 Å². The normalized spacial score (nSPS) is 22.9. The standard InChI is InChI=1S/C11H22N2O/c1-11(2,3)10(14)13-6-5-9(8-13)7-12-4/h9,12H,5-8H2,1-4H3. The van der Waals surface area contributed by atoms with E-state index < -0.39 is 0 Å². The SMILES string of the molecule is CNCC1CCN(C(=O)C(C)(C)C)C1. The Balaban J connectivity index is 2.46. The zero-order chi connectivity index (χ0) is 10.8. The lowest BCUT2D eigenvalue weighted by molar-refractivity contribution is -0.138. The molecule has 1 aliphatic heterocycles. The largest absolute Gasteiger partial charge is 0.342 e. The van der Waals surface area contributed by atoms with Crippen LogP contribution in [0.15, 0.2) is 0 Å². The minimum Gasteiger partial charge on any atom is -0.342 e. The lowest BCUT2D eigenvalue weighted by atomic mass is 9.95. The molecule has 1 N–H and O–H groups in total. The summed E-state index contributed by atoms with van der Waals surface area (Å²) in [6.07, 6.45) is 1.14. The van der Waals surface area contributed by atoms with E-state index in [-0.39, 0.29) is 11.3 Å². The van der Waals surface area contributed by atoms with E-state index in [1.165, 1.54) is 0 Å². The van der Waals surface area contributed by atoms with Gasteiger partial charge in [-0.2, -0.15) is 0 Å². The van der Waals surface area contributed by atoms with Gasteiger partial charge >= 0.3 is 0 Å². The fraction of sp³-hybridized carbons (Fsp3) is 0.909. The van der Waals surface area contributed by atoms with Gasteiger partial charge in [-0.25, -0.2) is 0 Å². The average Bonchev–Trinajstić information content (AvgIpc) is 2.50. The number of nitrogens with one attached hydrogen (secondary N) is 1. The lowest BCUT2D eigenvalue weighted by Gasteiger charge is -2.25. The van der Waals surface area contributed by atoms with Crippen molar-refractivity contribution >= 4 is 5.91 Å². The molecule has 0 aromatic heterocycles. The summed E-state index contributed by atoms with van der Waals surface area (Å²) < 4.78 is 0. The molecule has 0 aliphatic carbocycles. The predicted molar refractivity (Wildman–Crippen MR) is 58.1 cm³/mol. The van der Waals surface area contributed by atoms with Crippen LogP contribution in [0.5, 0.6) is 0 Å². The Morgan fingerprint density at radius 1 is 1.50 bits per heavy atom. The van der Waals surface area contributed by atoms with Gasteiger partial charge in [0.05, 0.1) is 0 Å². The molecule has 1 amide bonds. The molecule has 0 aromatic rings. The first-order chi connectivity index (χ1) is 6.45. The minimum absolute atomic E-state index is 0.228. The zero-order valence-corrected chi connectivity index (χ0v) is 9.76. The van der Waals surface area contributed by atoms with Gasteiger partial charge in [0, 0.05) is 18.5 Å². The topological polar surface area (TPSA) is 32.3 Å². The molecule has 14 heavy (non-hydrogen) atoms. The van der Waals surface area contributed by atoms with Crippen molar-refractivity contribution in [3.05, 3.63) is 0 Å². The summed E-state index contributed by atoms with van der Waals surface area (Å²) in [7, 11) is 1.97. The molecular formula is C11H22N2O. The van der Waals surface area contributed by atoms with Crippen molar-refractivity contribution in [1.29, 1.82) is 0 Å². The molecule has 1 fully saturated rings. The Bertz CT molecular complexity index is 208. The van der Waals surface area contributed by atoms with Gasteiger partial charge < -0.3 is 10.2 Å². The highest BCUT2D eigenvalue weighted by Crippen LogP contribution is 2.23. The molecule has 1 atom stereocenters. The summed E-state index contributed by atoms with van der Waals surface area (Å²) >= 11 is 0. The first-order valence-electron chi connectivity index (χ1n) is 5.39. The Morgan fingerprint density at radius 3 is 2.64 bits per heavy atom. The number of rotatable bonds is 2. The summed E-state index contributed by atoms with van der Waals surface area (Å²) in [6, 6.07) is 0. The van der Waals surface area contributed by atoms with Crippen LogP contribution in [0, 0.1) is 11.3 Å². The number of hydrogen-bond donors (Lipinski definition) is 1. The van der Waals surface area contributed by atoms with Crippen molar-refractivity contribution in [2.75, 3.05) is 26.7 Å². The summed E-state index contributed by atoms with van der Waals surface area (Å²) in [4.78, 5) is 13.9. The fourth-order valence-corrected chi connectivity index (χ4v) is 1.95. The Morgan fingerprint density at radius 2 is 2.14 bits per heavy atom. The zero-order valence-electron chi connectivity index (χ0n) is 9.76. The van der Waals surface area contributed by atoms with Gasteiger partial charge in [-0.1, -0.05) is 20.8 Å². The Labute approximate surface area is 86.9 Å². The highest BCUT2D eigenvalue weighted by Gasteiger charge is 2.32. The molecule has 1 aliphatic rings. The molecule has 1 saturated heterocycles. The first kappa shape index (κ1) is 11.5. The van der Waals surface area contributed by atoms with Gasteiger partial charge in [0.2, 0.25) is 5.91 Å². The monoisotopic (exact) mass is 198 g/mol. The third kappa shape index (κ3) is 2.71. The minimum atomic E-state index is -0.228. The van der Waals surface area contributed by atoms with Crippen LogP contribution in [0.1, 0.15) is 27.2 Å². The summed E-state index contributed by atoms with van der Waals surface area (Å²) in [5.41, 5.74) is -0.228. The number of carbonyl (C=O) groups is 1. The van der Waals surface area contributed by atoms with Gasteiger partial charge in [0.15, 0.2) is 0 Å². The van der Waals surface area contributed by atoms with E-state index in [0.717, 1.165) is 26.1 Å². The van der Waals surface area contributed by atoms with E-state index >= 15 is 0 Å². The third-order valence-electron chi connectivity index (χ3n) is 2.71. The van der Waals surface area contributed by atoms with Gasteiger partial charge in [0.25, 0.3) is 0 Å². The molecule has 3 heteroatoms. The van der Waals surface area contributed by atoms with Crippen LogP contribution in [0.4, 0.5) is 0 Å². The first-order valence-corrected chi connectivity index (χ1v) is 5.39. The van der Waals surface area contributed by atoms with Crippen molar-refractivity contribution in [1.82, 2.24) is 10.2 Å². The van der Waals surface area contributed by atoms with E-state index in [4.69, 9.17) is 0 Å².